The van der Waals surface area contributed by atoms with Crippen LogP contribution in [0.25, 0.3) is 11.3 Å². The first-order valence-electron chi connectivity index (χ1n) is 17.4. The van der Waals surface area contributed by atoms with E-state index in [2.05, 4.69) is 40.4 Å². The van der Waals surface area contributed by atoms with E-state index >= 15 is 0 Å². The number of amides is 2. The second-order valence-corrected chi connectivity index (χ2v) is 16.6. The standard InChI is InChI=1S/C38H46N8O5S/c1-24-11-8-12-25(2)34(24)30-18-33-42-37(41-30)43-52(49,50)29-14-9-13-26(17-29)35(47)46(28(23-51-33)19-38(3,4)5)22-27-20-39-21-32(40-27)45-16-10-15-31(45)36(48)44(6)7/h8-9,11-14,17-18,20-21,28,31H,10,15-16,19,22-23H2,1-7H3,(H,41,42,43)/t28-,31?/m1/s1. The summed E-state index contributed by atoms with van der Waals surface area (Å²) in [6, 6.07) is 12.7. The number of hydrogen-bond acceptors (Lipinski definition) is 10. The van der Waals surface area contributed by atoms with Crippen molar-refractivity contribution >= 4 is 33.6 Å². The molecule has 2 aromatic carbocycles. The van der Waals surface area contributed by atoms with E-state index in [0.29, 0.717) is 36.6 Å². The third kappa shape index (κ3) is 8.01. The maximum atomic E-state index is 14.6. The normalized spacial score (nSPS) is 18.8. The smallest absolute Gasteiger partial charge is 0.264 e. The molecule has 2 atom stereocenters. The summed E-state index contributed by atoms with van der Waals surface area (Å²) in [5.41, 5.74) is 3.73. The van der Waals surface area contributed by atoms with Gasteiger partial charge in [0.1, 0.15) is 18.5 Å². The summed E-state index contributed by atoms with van der Waals surface area (Å²) in [5, 5.41) is 0. The fraction of sp³-hybridized carbons (Fsp3) is 0.421. The van der Waals surface area contributed by atoms with Gasteiger partial charge in [-0.1, -0.05) is 45.0 Å². The Morgan fingerprint density at radius 1 is 1.02 bits per heavy atom. The maximum absolute atomic E-state index is 14.6. The van der Waals surface area contributed by atoms with Gasteiger partial charge in [0.15, 0.2) is 0 Å². The number of sulfonamides is 1. The van der Waals surface area contributed by atoms with Crippen LogP contribution in [-0.2, 0) is 21.4 Å². The Bertz CT molecular complexity index is 2080. The number of hydrogen-bond donors (Lipinski definition) is 1. The number of nitrogens with zero attached hydrogens (tertiary/aromatic N) is 7. The van der Waals surface area contributed by atoms with Crippen molar-refractivity contribution < 1.29 is 22.7 Å². The number of likely N-dealkylation sites (N-methyl/N-ethyl adjacent to an activating group) is 1. The summed E-state index contributed by atoms with van der Waals surface area (Å²) in [6.45, 7) is 11.0. The lowest BCUT2D eigenvalue weighted by Crippen LogP contribution is -2.45. The number of aromatic nitrogens is 4. The van der Waals surface area contributed by atoms with E-state index in [1.807, 2.05) is 36.9 Å². The first-order chi connectivity index (χ1) is 24.6. The Morgan fingerprint density at radius 3 is 2.46 bits per heavy atom. The SMILES string of the molecule is Cc1cccc(C)c1-c1cc2nc(n1)NS(=O)(=O)c1cccc(c1)C(=O)N(Cc1cncc(N3CCCC3C(=O)N(C)C)n1)[C@H](CC(C)(C)C)CO2. The van der Waals surface area contributed by atoms with Gasteiger partial charge in [-0.2, -0.15) is 4.98 Å². The predicted molar refractivity (Wildman–Crippen MR) is 199 cm³/mol. The van der Waals surface area contributed by atoms with Gasteiger partial charge in [-0.15, -0.1) is 0 Å². The minimum atomic E-state index is -4.21. The Hall–Kier alpha value is -5.11. The second-order valence-electron chi connectivity index (χ2n) is 14.9. The fourth-order valence-electron chi connectivity index (χ4n) is 6.93. The number of carbonyl (C=O) groups excluding carboxylic acids is 2. The molecule has 0 aliphatic carbocycles. The molecule has 2 aromatic heterocycles. The van der Waals surface area contributed by atoms with Crippen LogP contribution in [0.5, 0.6) is 5.88 Å². The summed E-state index contributed by atoms with van der Waals surface area (Å²) < 4.78 is 36.4. The topological polar surface area (TPSA) is 151 Å². The molecule has 4 bridgehead atoms. The van der Waals surface area contributed by atoms with Crippen molar-refractivity contribution in [3.05, 3.63) is 83.3 Å². The lowest BCUT2D eigenvalue weighted by Gasteiger charge is -2.35. The van der Waals surface area contributed by atoms with Gasteiger partial charge in [-0.05, 0) is 67.9 Å². The Kier molecular flexibility index (Phi) is 10.2. The van der Waals surface area contributed by atoms with Gasteiger partial charge >= 0.3 is 0 Å². The zero-order chi connectivity index (χ0) is 37.4. The van der Waals surface area contributed by atoms with Crippen molar-refractivity contribution in [2.75, 3.05) is 36.9 Å². The minimum absolute atomic E-state index is 0.000739. The molecule has 4 heterocycles. The highest BCUT2D eigenvalue weighted by Gasteiger charge is 2.35. The van der Waals surface area contributed by atoms with Crippen LogP contribution in [0.15, 0.2) is 65.8 Å². The van der Waals surface area contributed by atoms with Crippen molar-refractivity contribution in [2.24, 2.45) is 5.41 Å². The predicted octanol–water partition coefficient (Wildman–Crippen LogP) is 5.25. The number of rotatable bonds is 6. The van der Waals surface area contributed by atoms with E-state index < -0.39 is 22.0 Å². The number of aryl methyl sites for hydroxylation is 2. The Labute approximate surface area is 305 Å². The first-order valence-corrected chi connectivity index (χ1v) is 18.9. The van der Waals surface area contributed by atoms with Crippen LogP contribution in [-0.4, -0.2) is 89.3 Å². The summed E-state index contributed by atoms with van der Waals surface area (Å²) in [4.78, 5) is 51.2. The largest absolute Gasteiger partial charge is 0.475 e. The lowest BCUT2D eigenvalue weighted by atomic mass is 9.87. The van der Waals surface area contributed by atoms with Gasteiger partial charge in [0.2, 0.25) is 17.7 Å². The van der Waals surface area contributed by atoms with Crippen LogP contribution in [0.4, 0.5) is 11.8 Å². The number of anilines is 2. The van der Waals surface area contributed by atoms with Crippen molar-refractivity contribution in [1.29, 1.82) is 0 Å². The van der Waals surface area contributed by atoms with E-state index in [4.69, 9.17) is 9.72 Å². The second kappa shape index (κ2) is 14.5. The van der Waals surface area contributed by atoms with E-state index in [9.17, 15) is 18.0 Å². The molecular formula is C38H46N8O5S. The van der Waals surface area contributed by atoms with Crippen LogP contribution in [0, 0.1) is 19.3 Å². The molecule has 2 amide bonds. The van der Waals surface area contributed by atoms with Crippen molar-refractivity contribution in [2.45, 2.75) is 77.4 Å². The molecule has 1 fully saturated rings. The van der Waals surface area contributed by atoms with Crippen LogP contribution < -0.4 is 14.4 Å². The molecule has 2 aliphatic rings. The molecule has 274 valence electrons. The molecule has 1 N–H and O–H groups in total. The molecule has 1 saturated heterocycles. The van der Waals surface area contributed by atoms with E-state index in [1.54, 1.807) is 54.5 Å². The molecule has 1 unspecified atom stereocenters. The fourth-order valence-corrected chi connectivity index (χ4v) is 7.92. The summed E-state index contributed by atoms with van der Waals surface area (Å²) in [5.74, 6) is 0.186. The summed E-state index contributed by atoms with van der Waals surface area (Å²) >= 11 is 0. The van der Waals surface area contributed by atoms with Crippen LogP contribution in [0.1, 0.15) is 67.2 Å². The Morgan fingerprint density at radius 2 is 1.75 bits per heavy atom. The Balaban J connectivity index is 1.45. The number of benzene rings is 2. The molecule has 14 heteroatoms. The van der Waals surface area contributed by atoms with Gasteiger partial charge in [0, 0.05) is 37.8 Å². The van der Waals surface area contributed by atoms with E-state index in [0.717, 1.165) is 23.1 Å². The monoisotopic (exact) mass is 726 g/mol. The minimum Gasteiger partial charge on any atom is -0.475 e. The maximum Gasteiger partial charge on any atom is 0.264 e. The van der Waals surface area contributed by atoms with Crippen LogP contribution in [0.3, 0.4) is 0 Å². The van der Waals surface area contributed by atoms with E-state index in [-0.39, 0.29) is 52.8 Å². The van der Waals surface area contributed by atoms with E-state index in [1.165, 1.54) is 12.1 Å². The van der Waals surface area contributed by atoms with Gasteiger partial charge in [0.25, 0.3) is 15.9 Å². The number of fused-ring (bicyclic) bond motifs is 4. The summed E-state index contributed by atoms with van der Waals surface area (Å²) in [6.07, 6.45) is 5.35. The lowest BCUT2D eigenvalue weighted by molar-refractivity contribution is -0.129. The molecular weight excluding hydrogens is 681 g/mol. The molecule has 2 aliphatic heterocycles. The number of ether oxygens (including phenoxy) is 1. The average Bonchev–Trinajstić information content (AvgIpc) is 3.58. The van der Waals surface area contributed by atoms with Gasteiger partial charge < -0.3 is 19.4 Å². The highest BCUT2D eigenvalue weighted by atomic mass is 32.2. The molecule has 13 nitrogen and oxygen atoms in total. The molecule has 0 saturated carbocycles. The van der Waals surface area contributed by atoms with Crippen molar-refractivity contribution in [3.8, 4) is 17.1 Å². The van der Waals surface area contributed by atoms with Gasteiger partial charge in [-0.25, -0.2) is 23.1 Å². The van der Waals surface area contributed by atoms with Crippen molar-refractivity contribution in [1.82, 2.24) is 29.7 Å². The van der Waals surface area contributed by atoms with Gasteiger partial charge in [0.05, 0.1) is 41.3 Å². The quantitative estimate of drug-likeness (QED) is 0.279. The molecule has 6 rings (SSSR count). The highest BCUT2D eigenvalue weighted by Crippen LogP contribution is 2.32. The average molecular weight is 727 g/mol. The number of carbonyl (C=O) groups is 2. The van der Waals surface area contributed by atoms with Gasteiger partial charge in [-0.3, -0.25) is 14.6 Å². The highest BCUT2D eigenvalue weighted by molar-refractivity contribution is 7.92. The zero-order valence-corrected chi connectivity index (χ0v) is 31.6. The van der Waals surface area contributed by atoms with Crippen LogP contribution in [0.2, 0.25) is 0 Å². The molecule has 0 spiro atoms. The molecule has 0 radical (unpaired) electrons. The molecule has 52 heavy (non-hydrogen) atoms. The number of nitrogens with one attached hydrogen (secondary N) is 1. The third-order valence-corrected chi connectivity index (χ3v) is 10.6. The zero-order valence-electron chi connectivity index (χ0n) is 30.8. The third-order valence-electron chi connectivity index (χ3n) is 9.31. The molecule has 4 aromatic rings. The first kappa shape index (κ1) is 36.7. The van der Waals surface area contributed by atoms with Crippen molar-refractivity contribution in [3.63, 3.8) is 0 Å². The van der Waals surface area contributed by atoms with Crippen LogP contribution >= 0.6 is 0 Å². The summed E-state index contributed by atoms with van der Waals surface area (Å²) in [7, 11) is -0.730.